The maximum absolute atomic E-state index is 5.83. The first-order chi connectivity index (χ1) is 8.81. The second kappa shape index (κ2) is 6.80. The predicted molar refractivity (Wildman–Crippen MR) is 68.1 cm³/mol. The lowest BCUT2D eigenvalue weighted by atomic mass is 10.3. The molecule has 102 valence electrons. The SMILES string of the molecule is CCNC(C)c1nnnn1CCOC1CCCC1. The number of hydrogen-bond acceptors (Lipinski definition) is 5. The molecule has 1 N–H and O–H groups in total. The Labute approximate surface area is 108 Å². The molecule has 0 radical (unpaired) electrons. The van der Waals surface area contributed by atoms with Crippen LogP contribution in [0.5, 0.6) is 0 Å². The number of aromatic nitrogens is 4. The van der Waals surface area contributed by atoms with Gasteiger partial charge in [0.15, 0.2) is 5.82 Å². The topological polar surface area (TPSA) is 64.9 Å². The van der Waals surface area contributed by atoms with Crippen LogP contribution in [0.2, 0.25) is 0 Å². The van der Waals surface area contributed by atoms with Crippen molar-refractivity contribution in [3.8, 4) is 0 Å². The molecule has 1 aliphatic carbocycles. The molecule has 1 aromatic heterocycles. The summed E-state index contributed by atoms with van der Waals surface area (Å²) in [6.07, 6.45) is 5.47. The van der Waals surface area contributed by atoms with E-state index in [4.69, 9.17) is 4.74 Å². The van der Waals surface area contributed by atoms with Gasteiger partial charge in [-0.3, -0.25) is 0 Å². The minimum atomic E-state index is 0.177. The van der Waals surface area contributed by atoms with Crippen LogP contribution in [0.3, 0.4) is 0 Å². The van der Waals surface area contributed by atoms with Crippen LogP contribution in [0.1, 0.15) is 51.4 Å². The minimum Gasteiger partial charge on any atom is -0.376 e. The maximum atomic E-state index is 5.83. The van der Waals surface area contributed by atoms with E-state index in [2.05, 4.69) is 34.7 Å². The summed E-state index contributed by atoms with van der Waals surface area (Å²) in [4.78, 5) is 0. The van der Waals surface area contributed by atoms with E-state index in [9.17, 15) is 0 Å². The number of nitrogens with zero attached hydrogens (tertiary/aromatic N) is 4. The highest BCUT2D eigenvalue weighted by Gasteiger charge is 2.16. The van der Waals surface area contributed by atoms with Crippen LogP contribution < -0.4 is 5.32 Å². The van der Waals surface area contributed by atoms with Gasteiger partial charge in [-0.25, -0.2) is 4.68 Å². The molecule has 0 saturated heterocycles. The third-order valence-corrected chi connectivity index (χ3v) is 3.42. The maximum Gasteiger partial charge on any atom is 0.168 e. The molecule has 6 nitrogen and oxygen atoms in total. The Morgan fingerprint density at radius 3 is 2.94 bits per heavy atom. The van der Waals surface area contributed by atoms with Gasteiger partial charge in [0.2, 0.25) is 0 Å². The molecule has 18 heavy (non-hydrogen) atoms. The van der Waals surface area contributed by atoms with Crippen molar-refractivity contribution in [3.05, 3.63) is 5.82 Å². The van der Waals surface area contributed by atoms with Gasteiger partial charge in [0, 0.05) is 0 Å². The van der Waals surface area contributed by atoms with Gasteiger partial charge in [-0.05, 0) is 36.7 Å². The summed E-state index contributed by atoms with van der Waals surface area (Å²) in [6.45, 7) is 6.49. The molecular weight excluding hydrogens is 230 g/mol. The normalized spacial score (nSPS) is 18.3. The van der Waals surface area contributed by atoms with Crippen molar-refractivity contribution < 1.29 is 4.74 Å². The van der Waals surface area contributed by atoms with Crippen molar-refractivity contribution in [2.24, 2.45) is 0 Å². The van der Waals surface area contributed by atoms with Crippen molar-refractivity contribution in [1.29, 1.82) is 0 Å². The summed E-state index contributed by atoms with van der Waals surface area (Å²) in [5, 5.41) is 15.1. The Kier molecular flexibility index (Phi) is 5.07. The lowest BCUT2D eigenvalue weighted by Gasteiger charge is -2.14. The lowest BCUT2D eigenvalue weighted by molar-refractivity contribution is 0.0506. The average Bonchev–Trinajstić information content (AvgIpc) is 3.00. The largest absolute Gasteiger partial charge is 0.376 e. The van der Waals surface area contributed by atoms with E-state index in [1.54, 1.807) is 0 Å². The molecule has 1 unspecified atom stereocenters. The van der Waals surface area contributed by atoms with Gasteiger partial charge in [0.05, 0.1) is 25.3 Å². The van der Waals surface area contributed by atoms with Gasteiger partial charge in [-0.15, -0.1) is 5.10 Å². The summed E-state index contributed by atoms with van der Waals surface area (Å²) in [7, 11) is 0. The molecule has 0 amide bonds. The smallest absolute Gasteiger partial charge is 0.168 e. The Morgan fingerprint density at radius 1 is 1.44 bits per heavy atom. The summed E-state index contributed by atoms with van der Waals surface area (Å²) < 4.78 is 7.67. The predicted octanol–water partition coefficient (Wildman–Crippen LogP) is 1.30. The van der Waals surface area contributed by atoms with Crippen molar-refractivity contribution in [3.63, 3.8) is 0 Å². The van der Waals surface area contributed by atoms with Crippen molar-refractivity contribution in [1.82, 2.24) is 25.5 Å². The second-order valence-electron chi connectivity index (χ2n) is 4.82. The molecule has 0 spiro atoms. The Balaban J connectivity index is 1.79. The fourth-order valence-electron chi connectivity index (χ4n) is 2.44. The van der Waals surface area contributed by atoms with Gasteiger partial charge in [-0.2, -0.15) is 0 Å². The highest BCUT2D eigenvalue weighted by Crippen LogP contribution is 2.20. The summed E-state index contributed by atoms with van der Waals surface area (Å²) in [5.74, 6) is 0.881. The highest BCUT2D eigenvalue weighted by atomic mass is 16.5. The van der Waals surface area contributed by atoms with Gasteiger partial charge in [0.25, 0.3) is 0 Å². The standard InChI is InChI=1S/C12H23N5O/c1-3-13-10(2)12-14-15-16-17(12)8-9-18-11-6-4-5-7-11/h10-11,13H,3-9H2,1-2H3. The van der Waals surface area contributed by atoms with Crippen LogP contribution in [0, 0.1) is 0 Å². The van der Waals surface area contributed by atoms with E-state index in [1.807, 2.05) is 4.68 Å². The van der Waals surface area contributed by atoms with E-state index >= 15 is 0 Å². The fraction of sp³-hybridized carbons (Fsp3) is 0.917. The van der Waals surface area contributed by atoms with E-state index in [0.717, 1.165) is 18.9 Å². The quantitative estimate of drug-likeness (QED) is 0.793. The molecule has 1 aromatic rings. The number of tetrazole rings is 1. The third-order valence-electron chi connectivity index (χ3n) is 3.42. The average molecular weight is 253 g/mol. The zero-order valence-electron chi connectivity index (χ0n) is 11.3. The van der Waals surface area contributed by atoms with E-state index in [-0.39, 0.29) is 6.04 Å². The first-order valence-corrected chi connectivity index (χ1v) is 6.92. The van der Waals surface area contributed by atoms with E-state index in [1.165, 1.54) is 25.7 Å². The zero-order chi connectivity index (χ0) is 12.8. The lowest BCUT2D eigenvalue weighted by Crippen LogP contribution is -2.23. The molecule has 2 rings (SSSR count). The number of ether oxygens (including phenoxy) is 1. The highest BCUT2D eigenvalue weighted by molar-refractivity contribution is 4.89. The molecule has 1 fully saturated rings. The Morgan fingerprint density at radius 2 is 2.22 bits per heavy atom. The van der Waals surface area contributed by atoms with Gasteiger partial charge in [0.1, 0.15) is 0 Å². The van der Waals surface area contributed by atoms with Crippen LogP contribution >= 0.6 is 0 Å². The van der Waals surface area contributed by atoms with Crippen LogP contribution in [-0.2, 0) is 11.3 Å². The molecule has 0 aliphatic heterocycles. The molecule has 0 aromatic carbocycles. The van der Waals surface area contributed by atoms with Gasteiger partial charge >= 0.3 is 0 Å². The van der Waals surface area contributed by atoms with Crippen molar-refractivity contribution in [2.75, 3.05) is 13.2 Å². The first-order valence-electron chi connectivity index (χ1n) is 6.92. The molecule has 1 heterocycles. The summed E-state index contributed by atoms with van der Waals surface area (Å²) in [6, 6.07) is 0.177. The zero-order valence-corrected chi connectivity index (χ0v) is 11.3. The molecular formula is C12H23N5O. The molecule has 0 bridgehead atoms. The van der Waals surface area contributed by atoms with Gasteiger partial charge in [-0.1, -0.05) is 19.8 Å². The second-order valence-corrected chi connectivity index (χ2v) is 4.82. The number of hydrogen-bond donors (Lipinski definition) is 1. The summed E-state index contributed by atoms with van der Waals surface area (Å²) >= 11 is 0. The number of nitrogens with one attached hydrogen (secondary N) is 1. The fourth-order valence-corrected chi connectivity index (χ4v) is 2.44. The van der Waals surface area contributed by atoms with E-state index < -0.39 is 0 Å². The van der Waals surface area contributed by atoms with Crippen LogP contribution in [0.15, 0.2) is 0 Å². The third kappa shape index (κ3) is 3.49. The van der Waals surface area contributed by atoms with Crippen LogP contribution in [0.25, 0.3) is 0 Å². The molecule has 6 heteroatoms. The van der Waals surface area contributed by atoms with Gasteiger partial charge < -0.3 is 10.1 Å². The monoisotopic (exact) mass is 253 g/mol. The van der Waals surface area contributed by atoms with Crippen molar-refractivity contribution >= 4 is 0 Å². The Hall–Kier alpha value is -1.01. The van der Waals surface area contributed by atoms with E-state index in [0.29, 0.717) is 12.7 Å². The van der Waals surface area contributed by atoms with Crippen LogP contribution in [-0.4, -0.2) is 39.5 Å². The minimum absolute atomic E-state index is 0.177. The molecule has 1 aliphatic rings. The first kappa shape index (κ1) is 13.4. The number of rotatable bonds is 7. The Bertz CT molecular complexity index is 348. The molecule has 1 atom stereocenters. The van der Waals surface area contributed by atoms with Crippen molar-refractivity contribution in [2.45, 2.75) is 58.2 Å². The summed E-state index contributed by atoms with van der Waals surface area (Å²) in [5.41, 5.74) is 0. The molecule has 1 saturated carbocycles. The van der Waals surface area contributed by atoms with Crippen LogP contribution in [0.4, 0.5) is 0 Å².